The van der Waals surface area contributed by atoms with Gasteiger partial charge in [0, 0.05) is 30.0 Å². The highest BCUT2D eigenvalue weighted by Gasteiger charge is 2.64. The number of imide groups is 1. The number of nitro groups is 1. The first-order valence-corrected chi connectivity index (χ1v) is 11.8. The van der Waals surface area contributed by atoms with Crippen LogP contribution < -0.4 is 4.90 Å². The van der Waals surface area contributed by atoms with Gasteiger partial charge in [-0.05, 0) is 24.5 Å². The number of ketones is 1. The van der Waals surface area contributed by atoms with Gasteiger partial charge in [0.1, 0.15) is 6.04 Å². The fourth-order valence-corrected chi connectivity index (χ4v) is 5.99. The van der Waals surface area contributed by atoms with Crippen molar-refractivity contribution in [3.05, 3.63) is 75.8 Å². The molecule has 9 heteroatoms. The Morgan fingerprint density at radius 2 is 1.89 bits per heavy atom. The fourth-order valence-electron chi connectivity index (χ4n) is 5.99. The zero-order valence-electron chi connectivity index (χ0n) is 18.8. The molecule has 4 aliphatic heterocycles. The first-order chi connectivity index (χ1) is 17.0. The zero-order valence-corrected chi connectivity index (χ0v) is 18.8. The van der Waals surface area contributed by atoms with E-state index in [0.717, 1.165) is 24.1 Å². The molecule has 0 saturated carbocycles. The van der Waals surface area contributed by atoms with Crippen molar-refractivity contribution in [2.45, 2.75) is 31.0 Å². The van der Waals surface area contributed by atoms with Gasteiger partial charge in [-0.15, -0.1) is 0 Å². The van der Waals surface area contributed by atoms with E-state index in [-0.39, 0.29) is 35.7 Å². The number of hydrogen-bond acceptors (Lipinski definition) is 7. The van der Waals surface area contributed by atoms with E-state index in [1.54, 1.807) is 0 Å². The summed E-state index contributed by atoms with van der Waals surface area (Å²) in [6.45, 7) is 0.799. The Morgan fingerprint density at radius 1 is 1.09 bits per heavy atom. The molecular formula is C26H23N3O6. The van der Waals surface area contributed by atoms with Crippen LogP contribution in [0.25, 0.3) is 6.08 Å². The molecule has 5 atom stereocenters. The summed E-state index contributed by atoms with van der Waals surface area (Å²) in [6.07, 6.45) is 5.30. The Kier molecular flexibility index (Phi) is 5.03. The molecule has 4 heterocycles. The van der Waals surface area contributed by atoms with Crippen molar-refractivity contribution in [3.8, 4) is 0 Å². The van der Waals surface area contributed by atoms with Crippen LogP contribution in [0.15, 0.2) is 54.6 Å². The topological polar surface area (TPSA) is 110 Å². The summed E-state index contributed by atoms with van der Waals surface area (Å²) < 4.78 is 5.66. The molecule has 0 aliphatic carbocycles. The molecule has 6 rings (SSSR count). The van der Waals surface area contributed by atoms with Crippen molar-refractivity contribution in [1.82, 2.24) is 4.90 Å². The van der Waals surface area contributed by atoms with Crippen LogP contribution in [0.2, 0.25) is 0 Å². The zero-order chi connectivity index (χ0) is 24.3. The highest BCUT2D eigenvalue weighted by molar-refractivity contribution is 6.14. The lowest BCUT2D eigenvalue weighted by atomic mass is 9.86. The van der Waals surface area contributed by atoms with Gasteiger partial charge in [0.05, 0.1) is 35.4 Å². The summed E-state index contributed by atoms with van der Waals surface area (Å²) in [6, 6.07) is 11.7. The van der Waals surface area contributed by atoms with E-state index in [1.807, 2.05) is 41.3 Å². The predicted molar refractivity (Wildman–Crippen MR) is 126 cm³/mol. The normalized spacial score (nSPS) is 28.7. The standard InChI is InChI=1S/C26H23N3O6/c30-24(16-6-3-7-17(13-16)29(33)34)23-22-21(20-11-10-15-5-1-2-9-19(15)28(20)23)25(31)27(26(22)32)14-18-8-4-12-35-18/h1-3,5-7,9-11,13,18,20-23H,4,8,12,14H2/t18-,20-,21+,22+,23-/m0/s1. The second-order valence-corrected chi connectivity index (χ2v) is 9.41. The number of para-hydroxylation sites is 1. The van der Waals surface area contributed by atoms with Crippen LogP contribution in [0, 0.1) is 22.0 Å². The van der Waals surface area contributed by atoms with Crippen molar-refractivity contribution >= 4 is 35.0 Å². The third kappa shape index (κ3) is 3.30. The van der Waals surface area contributed by atoms with Crippen molar-refractivity contribution in [1.29, 1.82) is 0 Å². The number of carbonyl (C=O) groups excluding carboxylic acids is 3. The molecule has 0 spiro atoms. The number of Topliss-reactive ketones (excluding diaryl/α,β-unsaturated/α-hetero) is 1. The van der Waals surface area contributed by atoms with Gasteiger partial charge in [-0.3, -0.25) is 29.4 Å². The van der Waals surface area contributed by atoms with E-state index in [1.165, 1.54) is 29.2 Å². The third-order valence-corrected chi connectivity index (χ3v) is 7.53. The summed E-state index contributed by atoms with van der Waals surface area (Å²) in [5.41, 5.74) is 1.60. The Bertz CT molecular complexity index is 1280. The monoisotopic (exact) mass is 473 g/mol. The molecular weight excluding hydrogens is 450 g/mol. The number of benzene rings is 2. The Hall–Kier alpha value is -3.85. The highest BCUT2D eigenvalue weighted by atomic mass is 16.6. The molecule has 4 aliphatic rings. The number of non-ortho nitro benzene ring substituents is 1. The summed E-state index contributed by atoms with van der Waals surface area (Å²) in [5, 5.41) is 11.3. The lowest BCUT2D eigenvalue weighted by Crippen LogP contribution is -2.49. The number of nitrogens with zero attached hydrogens (tertiary/aromatic N) is 3. The van der Waals surface area contributed by atoms with Gasteiger partial charge in [-0.1, -0.05) is 42.5 Å². The first kappa shape index (κ1) is 21.7. The molecule has 0 bridgehead atoms. The van der Waals surface area contributed by atoms with Crippen LogP contribution in [-0.4, -0.2) is 58.8 Å². The second kappa shape index (κ2) is 8.13. The molecule has 2 aromatic carbocycles. The summed E-state index contributed by atoms with van der Waals surface area (Å²) >= 11 is 0. The van der Waals surface area contributed by atoms with E-state index in [2.05, 4.69) is 0 Å². The third-order valence-electron chi connectivity index (χ3n) is 7.53. The van der Waals surface area contributed by atoms with Gasteiger partial charge >= 0.3 is 0 Å². The maximum atomic E-state index is 13.9. The molecule has 0 aromatic heterocycles. The molecule has 0 radical (unpaired) electrons. The van der Waals surface area contributed by atoms with Crippen LogP contribution in [0.1, 0.15) is 28.8 Å². The quantitative estimate of drug-likeness (QED) is 0.284. The van der Waals surface area contributed by atoms with Crippen LogP contribution >= 0.6 is 0 Å². The number of anilines is 1. The van der Waals surface area contributed by atoms with Crippen molar-refractivity contribution in [3.63, 3.8) is 0 Å². The highest BCUT2D eigenvalue weighted by Crippen LogP contribution is 2.49. The van der Waals surface area contributed by atoms with E-state index < -0.39 is 34.6 Å². The molecule has 3 saturated heterocycles. The number of fused-ring (bicyclic) bond motifs is 5. The SMILES string of the molecule is O=C(c1cccc([N+](=O)[O-])c1)[C@@H]1[C@@H]2C(=O)N(C[C@@H]3CCCO3)C(=O)[C@@H]2[C@@H]2C=Cc3ccccc3N12. The number of rotatable bonds is 5. The van der Waals surface area contributed by atoms with Crippen LogP contribution in [0.3, 0.4) is 0 Å². The minimum Gasteiger partial charge on any atom is -0.376 e. The Balaban J connectivity index is 1.44. The number of carbonyl (C=O) groups is 3. The maximum Gasteiger partial charge on any atom is 0.270 e. The summed E-state index contributed by atoms with van der Waals surface area (Å²) in [5.74, 6) is -2.66. The van der Waals surface area contributed by atoms with Gasteiger partial charge in [-0.25, -0.2) is 0 Å². The van der Waals surface area contributed by atoms with Crippen molar-refractivity contribution < 1.29 is 24.0 Å². The van der Waals surface area contributed by atoms with E-state index in [9.17, 15) is 24.5 Å². The molecule has 0 N–H and O–H groups in total. The molecule has 35 heavy (non-hydrogen) atoms. The Labute approximate surface area is 201 Å². The molecule has 178 valence electrons. The van der Waals surface area contributed by atoms with Crippen LogP contribution in [0.4, 0.5) is 11.4 Å². The van der Waals surface area contributed by atoms with Crippen LogP contribution in [0.5, 0.6) is 0 Å². The maximum absolute atomic E-state index is 13.9. The number of likely N-dealkylation sites (tertiary alicyclic amines) is 1. The van der Waals surface area contributed by atoms with E-state index in [4.69, 9.17) is 4.74 Å². The van der Waals surface area contributed by atoms with Crippen LogP contribution in [-0.2, 0) is 14.3 Å². The van der Waals surface area contributed by atoms with Crippen molar-refractivity contribution in [2.75, 3.05) is 18.1 Å². The van der Waals surface area contributed by atoms with E-state index in [0.29, 0.717) is 6.61 Å². The van der Waals surface area contributed by atoms with E-state index >= 15 is 0 Å². The molecule has 0 unspecified atom stereocenters. The molecule has 2 aromatic rings. The second-order valence-electron chi connectivity index (χ2n) is 9.41. The smallest absolute Gasteiger partial charge is 0.270 e. The first-order valence-electron chi connectivity index (χ1n) is 11.8. The molecule has 3 fully saturated rings. The van der Waals surface area contributed by atoms with Gasteiger partial charge in [0.2, 0.25) is 11.8 Å². The molecule has 9 nitrogen and oxygen atoms in total. The lowest BCUT2D eigenvalue weighted by molar-refractivity contribution is -0.384. The number of ether oxygens (including phenoxy) is 1. The number of nitro benzene ring substituents is 1. The minimum atomic E-state index is -0.955. The fraction of sp³-hybridized carbons (Fsp3) is 0.346. The minimum absolute atomic E-state index is 0.147. The number of hydrogen-bond donors (Lipinski definition) is 0. The summed E-state index contributed by atoms with van der Waals surface area (Å²) in [7, 11) is 0. The number of amides is 2. The average molecular weight is 473 g/mol. The lowest BCUT2D eigenvalue weighted by Gasteiger charge is -2.36. The average Bonchev–Trinajstić information content (AvgIpc) is 3.57. The van der Waals surface area contributed by atoms with Gasteiger partial charge < -0.3 is 9.64 Å². The van der Waals surface area contributed by atoms with Gasteiger partial charge in [0.25, 0.3) is 5.69 Å². The summed E-state index contributed by atoms with van der Waals surface area (Å²) in [4.78, 5) is 55.1. The Morgan fingerprint density at radius 3 is 2.66 bits per heavy atom. The largest absolute Gasteiger partial charge is 0.376 e. The van der Waals surface area contributed by atoms with Gasteiger partial charge in [-0.2, -0.15) is 0 Å². The molecule has 2 amide bonds. The van der Waals surface area contributed by atoms with Gasteiger partial charge in [0.15, 0.2) is 5.78 Å². The predicted octanol–water partition coefficient (Wildman–Crippen LogP) is 2.84. The van der Waals surface area contributed by atoms with Crippen molar-refractivity contribution in [2.24, 2.45) is 11.8 Å².